The highest BCUT2D eigenvalue weighted by atomic mass is 14.3. The molecule has 0 heterocycles. The molecule has 106 valence electrons. The van der Waals surface area contributed by atoms with Crippen LogP contribution in [0.3, 0.4) is 0 Å². The van der Waals surface area contributed by atoms with E-state index in [9.17, 15) is 0 Å². The smallest absolute Gasteiger partial charge is 0.0248 e. The molecule has 1 aliphatic carbocycles. The Labute approximate surface area is 123 Å². The molecule has 0 amide bonds. The monoisotopic (exact) mass is 266 g/mol. The van der Waals surface area contributed by atoms with Crippen molar-refractivity contribution >= 4 is 0 Å². The van der Waals surface area contributed by atoms with Crippen LogP contribution >= 0.6 is 0 Å². The second kappa shape index (κ2) is 6.74. The maximum atomic E-state index is 2.36. The van der Waals surface area contributed by atoms with Crippen molar-refractivity contribution in [2.24, 2.45) is 11.8 Å². The van der Waals surface area contributed by atoms with Gasteiger partial charge in [-0.3, -0.25) is 0 Å². The second-order valence-electron chi connectivity index (χ2n) is 6.22. The van der Waals surface area contributed by atoms with E-state index >= 15 is 0 Å². The molecule has 2 aromatic rings. The van der Waals surface area contributed by atoms with Crippen molar-refractivity contribution in [2.45, 2.75) is 40.5 Å². The lowest BCUT2D eigenvalue weighted by molar-refractivity contribution is 0.361. The van der Waals surface area contributed by atoms with Gasteiger partial charge in [-0.15, -0.1) is 0 Å². The van der Waals surface area contributed by atoms with Gasteiger partial charge in [0.2, 0.25) is 0 Å². The fourth-order valence-electron chi connectivity index (χ4n) is 2.71. The van der Waals surface area contributed by atoms with Gasteiger partial charge >= 0.3 is 0 Å². The molecule has 0 fully saturated rings. The maximum absolute atomic E-state index is 2.36. The topological polar surface area (TPSA) is 0 Å². The molecule has 0 aliphatic heterocycles. The third kappa shape index (κ3) is 3.72. The lowest BCUT2D eigenvalue weighted by Crippen LogP contribution is -2.20. The number of fused-ring (bicyclic) bond motifs is 1. The molecule has 0 saturated carbocycles. The predicted molar refractivity (Wildman–Crippen MR) is 88.1 cm³/mol. The molecular formula is C20H26. The molecule has 20 heavy (non-hydrogen) atoms. The molecule has 0 saturated heterocycles. The van der Waals surface area contributed by atoms with Gasteiger partial charge in [-0.05, 0) is 60.8 Å². The first-order valence-corrected chi connectivity index (χ1v) is 7.67. The highest BCUT2D eigenvalue weighted by molar-refractivity contribution is 5.30. The van der Waals surface area contributed by atoms with E-state index in [0.29, 0.717) is 0 Å². The average Bonchev–Trinajstić information content (AvgIpc) is 2.44. The lowest BCUT2D eigenvalue weighted by atomic mass is 9.78. The summed E-state index contributed by atoms with van der Waals surface area (Å²) in [7, 11) is 0. The zero-order valence-corrected chi connectivity index (χ0v) is 13.2. The molecule has 0 N–H and O–H groups in total. The normalized spacial score (nSPS) is 20.6. The molecule has 0 heteroatoms. The van der Waals surface area contributed by atoms with Crippen LogP contribution in [-0.4, -0.2) is 0 Å². The average molecular weight is 266 g/mol. The van der Waals surface area contributed by atoms with Crippen molar-refractivity contribution < 1.29 is 0 Å². The standard InChI is InChI=1S/C12H16.C8H10/c1-9-7-11-5-3-4-6-12(11)8-10(9)2;1-7-5-3-4-6-8(7)2/h3-6,9-10H,7-8H2,1-2H3;3-6H,1-2H3/t9-,10+;. The third-order valence-electron chi connectivity index (χ3n) is 4.60. The fourth-order valence-corrected chi connectivity index (χ4v) is 2.71. The highest BCUT2D eigenvalue weighted by Crippen LogP contribution is 2.29. The Balaban J connectivity index is 0.000000160. The minimum absolute atomic E-state index is 0.861. The summed E-state index contributed by atoms with van der Waals surface area (Å²) in [5, 5.41) is 0. The molecule has 0 aromatic heterocycles. The summed E-state index contributed by atoms with van der Waals surface area (Å²) in [5.41, 5.74) is 5.88. The van der Waals surface area contributed by atoms with E-state index in [-0.39, 0.29) is 0 Å². The number of hydrogen-bond acceptors (Lipinski definition) is 0. The first-order valence-electron chi connectivity index (χ1n) is 7.67. The van der Waals surface area contributed by atoms with Crippen LogP contribution in [0.15, 0.2) is 48.5 Å². The third-order valence-corrected chi connectivity index (χ3v) is 4.60. The number of benzene rings is 2. The quantitative estimate of drug-likeness (QED) is 0.602. The Kier molecular flexibility index (Phi) is 5.00. The summed E-state index contributed by atoms with van der Waals surface area (Å²) < 4.78 is 0. The van der Waals surface area contributed by atoms with Crippen LogP contribution < -0.4 is 0 Å². The van der Waals surface area contributed by atoms with Gasteiger partial charge in [0.25, 0.3) is 0 Å². The van der Waals surface area contributed by atoms with E-state index in [1.54, 1.807) is 11.1 Å². The van der Waals surface area contributed by atoms with Gasteiger partial charge in [0.1, 0.15) is 0 Å². The molecule has 3 rings (SSSR count). The van der Waals surface area contributed by atoms with Crippen molar-refractivity contribution in [3.63, 3.8) is 0 Å². The molecule has 1 aliphatic rings. The van der Waals surface area contributed by atoms with Crippen LogP contribution in [0.2, 0.25) is 0 Å². The Morgan fingerprint density at radius 1 is 0.650 bits per heavy atom. The van der Waals surface area contributed by atoms with E-state index < -0.39 is 0 Å². The molecule has 2 atom stereocenters. The minimum atomic E-state index is 0.861. The number of hydrogen-bond donors (Lipinski definition) is 0. The Hall–Kier alpha value is -1.56. The number of rotatable bonds is 0. The maximum Gasteiger partial charge on any atom is -0.0248 e. The zero-order chi connectivity index (χ0) is 14.5. The summed E-state index contributed by atoms with van der Waals surface area (Å²) in [6, 6.07) is 17.2. The zero-order valence-electron chi connectivity index (χ0n) is 13.2. The van der Waals surface area contributed by atoms with E-state index in [2.05, 4.69) is 76.2 Å². The van der Waals surface area contributed by atoms with Gasteiger partial charge in [0.05, 0.1) is 0 Å². The largest absolute Gasteiger partial charge is 0.0620 e. The van der Waals surface area contributed by atoms with Crippen LogP contribution in [-0.2, 0) is 12.8 Å². The predicted octanol–water partition coefficient (Wildman–Crippen LogP) is 5.36. The Morgan fingerprint density at radius 2 is 1.00 bits per heavy atom. The van der Waals surface area contributed by atoms with Gasteiger partial charge in [-0.25, -0.2) is 0 Å². The van der Waals surface area contributed by atoms with Crippen molar-refractivity contribution in [1.29, 1.82) is 0 Å². The van der Waals surface area contributed by atoms with E-state index in [4.69, 9.17) is 0 Å². The van der Waals surface area contributed by atoms with Crippen LogP contribution in [0, 0.1) is 25.7 Å². The molecule has 0 bridgehead atoms. The van der Waals surface area contributed by atoms with Gasteiger partial charge < -0.3 is 0 Å². The summed E-state index contributed by atoms with van der Waals surface area (Å²) in [6.07, 6.45) is 2.55. The van der Waals surface area contributed by atoms with Gasteiger partial charge in [-0.2, -0.15) is 0 Å². The first kappa shape index (κ1) is 14.8. The van der Waals surface area contributed by atoms with Crippen LogP contribution in [0.25, 0.3) is 0 Å². The SMILES string of the molecule is C[C@@H]1Cc2ccccc2C[C@@H]1C.Cc1ccccc1C. The molecule has 0 unspecified atom stereocenters. The van der Waals surface area contributed by atoms with Crippen molar-refractivity contribution in [1.82, 2.24) is 0 Å². The summed E-state index contributed by atoms with van der Waals surface area (Å²) in [6.45, 7) is 8.96. The van der Waals surface area contributed by atoms with Crippen LogP contribution in [0.4, 0.5) is 0 Å². The highest BCUT2D eigenvalue weighted by Gasteiger charge is 2.20. The minimum Gasteiger partial charge on any atom is -0.0620 e. The number of aryl methyl sites for hydroxylation is 2. The fraction of sp³-hybridized carbons (Fsp3) is 0.400. The molecule has 0 radical (unpaired) electrons. The van der Waals surface area contributed by atoms with Crippen molar-refractivity contribution in [3.05, 3.63) is 70.8 Å². The lowest BCUT2D eigenvalue weighted by Gasteiger charge is -2.27. The molecule has 2 aromatic carbocycles. The van der Waals surface area contributed by atoms with Crippen molar-refractivity contribution in [3.8, 4) is 0 Å². The van der Waals surface area contributed by atoms with Gasteiger partial charge in [-0.1, -0.05) is 62.4 Å². The van der Waals surface area contributed by atoms with Crippen molar-refractivity contribution in [2.75, 3.05) is 0 Å². The van der Waals surface area contributed by atoms with Gasteiger partial charge in [0.15, 0.2) is 0 Å². The second-order valence-corrected chi connectivity index (χ2v) is 6.22. The summed E-state index contributed by atoms with van der Waals surface area (Å²) in [5.74, 6) is 1.72. The Bertz CT molecular complexity index is 503. The van der Waals surface area contributed by atoms with Crippen LogP contribution in [0.1, 0.15) is 36.1 Å². The molecule has 0 nitrogen and oxygen atoms in total. The molecule has 0 spiro atoms. The summed E-state index contributed by atoms with van der Waals surface area (Å²) >= 11 is 0. The van der Waals surface area contributed by atoms with Gasteiger partial charge in [0, 0.05) is 0 Å². The van der Waals surface area contributed by atoms with E-state index in [1.165, 1.54) is 24.0 Å². The first-order chi connectivity index (χ1) is 9.58. The van der Waals surface area contributed by atoms with E-state index in [1.807, 2.05) is 0 Å². The van der Waals surface area contributed by atoms with Crippen LogP contribution in [0.5, 0.6) is 0 Å². The molecular weight excluding hydrogens is 240 g/mol. The summed E-state index contributed by atoms with van der Waals surface area (Å²) in [4.78, 5) is 0. The van der Waals surface area contributed by atoms with E-state index in [0.717, 1.165) is 11.8 Å². The Morgan fingerprint density at radius 3 is 1.35 bits per heavy atom.